The van der Waals surface area contributed by atoms with Crippen LogP contribution in [0.15, 0.2) is 47.3 Å². The first-order chi connectivity index (χ1) is 13.5. The molecular weight excluding hydrogens is 374 g/mol. The van der Waals surface area contributed by atoms with Gasteiger partial charge in [-0.05, 0) is 17.7 Å². The van der Waals surface area contributed by atoms with E-state index < -0.39 is 0 Å². The van der Waals surface area contributed by atoms with E-state index in [0.29, 0.717) is 32.0 Å². The average Bonchev–Trinajstić information content (AvgIpc) is 3.29. The summed E-state index contributed by atoms with van der Waals surface area (Å²) in [6, 6.07) is 4.08. The number of fused-ring (bicyclic) bond motifs is 1. The lowest BCUT2D eigenvalue weighted by Gasteiger charge is -2.30. The summed E-state index contributed by atoms with van der Waals surface area (Å²) in [5.41, 5.74) is 9.48. The Morgan fingerprint density at radius 1 is 1.39 bits per heavy atom. The first kappa shape index (κ1) is 17.8. The van der Waals surface area contributed by atoms with Gasteiger partial charge in [0.1, 0.15) is 16.8 Å². The van der Waals surface area contributed by atoms with Crippen LogP contribution < -0.4 is 11.1 Å². The highest BCUT2D eigenvalue weighted by atomic mass is 32.2. The van der Waals surface area contributed by atoms with Gasteiger partial charge in [0, 0.05) is 41.7 Å². The number of carbonyl (C=O) groups excluding carboxylic acids is 1. The van der Waals surface area contributed by atoms with E-state index in [1.807, 2.05) is 21.6 Å². The van der Waals surface area contributed by atoms with E-state index in [4.69, 9.17) is 10.5 Å². The number of hydrogen-bond donors (Lipinski definition) is 2. The summed E-state index contributed by atoms with van der Waals surface area (Å²) in [5, 5.41) is 3.36. The standard InChI is InChI=1S/C20H23N5O2S/c1-20(5-4-16-14(10-20)23-19(21)28-16)13-2-3-17-22-11-15(25(17)12-13)18(26)24-6-8-27-9-7-24/h2-5,11-12,19,23H,6-10,21H2,1H3. The molecule has 28 heavy (non-hydrogen) atoms. The van der Waals surface area contributed by atoms with Crippen molar-refractivity contribution in [2.75, 3.05) is 26.3 Å². The van der Waals surface area contributed by atoms with Crippen LogP contribution >= 0.6 is 11.8 Å². The zero-order chi connectivity index (χ0) is 19.3. The fraction of sp³-hybridized carbons (Fsp3) is 0.400. The summed E-state index contributed by atoms with van der Waals surface area (Å²) >= 11 is 1.66. The van der Waals surface area contributed by atoms with Crippen LogP contribution in [0.3, 0.4) is 0 Å². The highest BCUT2D eigenvalue weighted by molar-refractivity contribution is 8.04. The van der Waals surface area contributed by atoms with Gasteiger partial charge in [0.15, 0.2) is 0 Å². The fourth-order valence-electron chi connectivity index (χ4n) is 4.05. The van der Waals surface area contributed by atoms with Crippen molar-refractivity contribution in [2.24, 2.45) is 5.73 Å². The summed E-state index contributed by atoms with van der Waals surface area (Å²) < 4.78 is 7.28. The number of carbonyl (C=O) groups is 1. The number of hydrogen-bond acceptors (Lipinski definition) is 6. The third-order valence-electron chi connectivity index (χ3n) is 5.70. The number of imidazole rings is 1. The van der Waals surface area contributed by atoms with Crippen molar-refractivity contribution in [1.29, 1.82) is 0 Å². The number of ether oxygens (including phenoxy) is 1. The van der Waals surface area contributed by atoms with Crippen LogP contribution in [0.25, 0.3) is 5.65 Å². The maximum Gasteiger partial charge on any atom is 0.272 e. The van der Waals surface area contributed by atoms with Gasteiger partial charge >= 0.3 is 0 Å². The summed E-state index contributed by atoms with van der Waals surface area (Å²) in [7, 11) is 0. The molecule has 0 radical (unpaired) electrons. The van der Waals surface area contributed by atoms with Gasteiger partial charge < -0.3 is 20.7 Å². The average molecular weight is 398 g/mol. The second-order valence-electron chi connectivity index (χ2n) is 7.65. The minimum absolute atomic E-state index is 0.00196. The lowest BCUT2D eigenvalue weighted by atomic mass is 9.77. The van der Waals surface area contributed by atoms with Crippen LogP contribution in [-0.2, 0) is 10.2 Å². The number of aromatic nitrogens is 2. The fourth-order valence-corrected chi connectivity index (χ4v) is 4.94. The Morgan fingerprint density at radius 3 is 3.04 bits per heavy atom. The van der Waals surface area contributed by atoms with Crippen LogP contribution in [0, 0.1) is 0 Å². The second-order valence-corrected chi connectivity index (χ2v) is 8.83. The topological polar surface area (TPSA) is 84.9 Å². The molecule has 3 N–H and O–H groups in total. The molecule has 0 bridgehead atoms. The van der Waals surface area contributed by atoms with E-state index in [1.165, 1.54) is 10.6 Å². The molecule has 1 saturated heterocycles. The first-order valence-corrected chi connectivity index (χ1v) is 10.4. The number of amides is 1. The highest BCUT2D eigenvalue weighted by Crippen LogP contribution is 2.42. The molecule has 146 valence electrons. The molecule has 1 amide bonds. The van der Waals surface area contributed by atoms with E-state index in [2.05, 4.69) is 35.4 Å². The Bertz CT molecular complexity index is 1010. The van der Waals surface area contributed by atoms with E-state index in [1.54, 1.807) is 18.0 Å². The molecule has 0 aromatic carbocycles. The lowest BCUT2D eigenvalue weighted by Crippen LogP contribution is -2.41. The number of morpholine rings is 1. The third-order valence-corrected chi connectivity index (χ3v) is 6.71. The number of nitrogens with one attached hydrogen (secondary N) is 1. The number of thioether (sulfide) groups is 1. The normalized spacial score (nSPS) is 27.2. The van der Waals surface area contributed by atoms with Crippen LogP contribution in [-0.4, -0.2) is 52.0 Å². The maximum atomic E-state index is 13.0. The highest BCUT2D eigenvalue weighted by Gasteiger charge is 2.34. The van der Waals surface area contributed by atoms with Gasteiger partial charge in [-0.2, -0.15) is 0 Å². The van der Waals surface area contributed by atoms with Gasteiger partial charge in [-0.15, -0.1) is 0 Å². The Morgan fingerprint density at radius 2 is 2.21 bits per heavy atom. The van der Waals surface area contributed by atoms with Crippen LogP contribution in [0.1, 0.15) is 29.4 Å². The Balaban J connectivity index is 1.48. The Labute approximate surface area is 167 Å². The molecule has 0 spiro atoms. The molecular formula is C20H23N5O2S. The largest absolute Gasteiger partial charge is 0.378 e. The van der Waals surface area contributed by atoms with Crippen LogP contribution in [0.5, 0.6) is 0 Å². The quantitative estimate of drug-likeness (QED) is 0.804. The van der Waals surface area contributed by atoms with Gasteiger partial charge in [0.2, 0.25) is 0 Å². The molecule has 4 heterocycles. The van der Waals surface area contributed by atoms with Crippen molar-refractivity contribution in [3.05, 3.63) is 58.5 Å². The number of nitrogens with two attached hydrogens (primary N) is 1. The molecule has 0 saturated carbocycles. The Kier molecular flexibility index (Phi) is 4.22. The predicted molar refractivity (Wildman–Crippen MR) is 109 cm³/mol. The van der Waals surface area contributed by atoms with Crippen molar-refractivity contribution < 1.29 is 9.53 Å². The maximum absolute atomic E-state index is 13.0. The minimum Gasteiger partial charge on any atom is -0.378 e. The molecule has 3 aliphatic rings. The number of rotatable bonds is 2. The van der Waals surface area contributed by atoms with Crippen molar-refractivity contribution in [3.63, 3.8) is 0 Å². The molecule has 2 atom stereocenters. The Hall–Kier alpha value is -2.29. The van der Waals surface area contributed by atoms with E-state index in [0.717, 1.165) is 17.6 Å². The predicted octanol–water partition coefficient (Wildman–Crippen LogP) is 1.81. The van der Waals surface area contributed by atoms with Crippen molar-refractivity contribution in [1.82, 2.24) is 19.6 Å². The summed E-state index contributed by atoms with van der Waals surface area (Å²) in [5.74, 6) is 0.00196. The van der Waals surface area contributed by atoms with Crippen LogP contribution in [0.4, 0.5) is 0 Å². The molecule has 1 aliphatic carbocycles. The molecule has 8 heteroatoms. The van der Waals surface area contributed by atoms with Crippen molar-refractivity contribution >= 4 is 23.3 Å². The third kappa shape index (κ3) is 2.92. The van der Waals surface area contributed by atoms with E-state index in [-0.39, 0.29) is 16.8 Å². The van der Waals surface area contributed by atoms with E-state index in [9.17, 15) is 4.79 Å². The minimum atomic E-state index is -0.172. The number of pyridine rings is 1. The van der Waals surface area contributed by atoms with Gasteiger partial charge in [-0.25, -0.2) is 4.98 Å². The monoisotopic (exact) mass is 397 g/mol. The molecule has 2 aromatic rings. The second kappa shape index (κ2) is 6.65. The summed E-state index contributed by atoms with van der Waals surface area (Å²) in [4.78, 5) is 20.5. The van der Waals surface area contributed by atoms with Crippen molar-refractivity contribution in [2.45, 2.75) is 24.3 Å². The molecule has 7 nitrogen and oxygen atoms in total. The SMILES string of the molecule is CC1(c2ccc3ncc(C(=O)N4CCOCC4)n3c2)C=CC2=C(C1)NC(N)S2. The van der Waals surface area contributed by atoms with E-state index >= 15 is 0 Å². The summed E-state index contributed by atoms with van der Waals surface area (Å²) in [6.07, 6.45) is 8.96. The molecule has 2 aliphatic heterocycles. The summed E-state index contributed by atoms with van der Waals surface area (Å²) in [6.45, 7) is 4.62. The number of allylic oxidation sites excluding steroid dienone is 3. The smallest absolute Gasteiger partial charge is 0.272 e. The van der Waals surface area contributed by atoms with Crippen molar-refractivity contribution in [3.8, 4) is 0 Å². The van der Waals surface area contributed by atoms with Gasteiger partial charge in [0.25, 0.3) is 5.91 Å². The lowest BCUT2D eigenvalue weighted by molar-refractivity contribution is 0.0298. The molecule has 2 aromatic heterocycles. The zero-order valence-corrected chi connectivity index (χ0v) is 16.5. The molecule has 2 unspecified atom stereocenters. The zero-order valence-electron chi connectivity index (χ0n) is 15.7. The van der Waals surface area contributed by atoms with Gasteiger partial charge in [-0.1, -0.05) is 30.8 Å². The molecule has 5 rings (SSSR count). The van der Waals surface area contributed by atoms with Gasteiger partial charge in [0.05, 0.1) is 19.4 Å². The van der Waals surface area contributed by atoms with Crippen LogP contribution in [0.2, 0.25) is 0 Å². The molecule has 1 fully saturated rings. The number of nitrogens with zero attached hydrogens (tertiary/aromatic N) is 3. The first-order valence-electron chi connectivity index (χ1n) is 9.49. The van der Waals surface area contributed by atoms with Gasteiger partial charge in [-0.3, -0.25) is 9.20 Å².